The Labute approximate surface area is 97.9 Å². The fourth-order valence-electron chi connectivity index (χ4n) is 1.38. The van der Waals surface area contributed by atoms with Gasteiger partial charge in [0.2, 0.25) is 0 Å². The third-order valence-electron chi connectivity index (χ3n) is 2.26. The highest BCUT2D eigenvalue weighted by Crippen LogP contribution is 2.12. The van der Waals surface area contributed by atoms with Gasteiger partial charge in [0.15, 0.2) is 0 Å². The summed E-state index contributed by atoms with van der Waals surface area (Å²) < 4.78 is 4.79. The fourth-order valence-corrected chi connectivity index (χ4v) is 1.38. The van der Waals surface area contributed by atoms with E-state index in [1.54, 1.807) is 31.5 Å². The molecule has 6 nitrogen and oxygen atoms in total. The molecule has 0 radical (unpaired) electrons. The first-order chi connectivity index (χ1) is 8.31. The number of aromatic nitrogens is 2. The Morgan fingerprint density at radius 3 is 3.18 bits per heavy atom. The molecule has 0 aliphatic rings. The Hall–Kier alpha value is -1.92. The second kappa shape index (κ2) is 5.42. The van der Waals surface area contributed by atoms with Crippen molar-refractivity contribution in [1.29, 1.82) is 0 Å². The molecule has 2 rings (SSSR count). The molecular formula is C11H13N3O3. The molecule has 6 heteroatoms. The average Bonchev–Trinajstić information content (AvgIpc) is 2.81. The van der Waals surface area contributed by atoms with E-state index in [4.69, 9.17) is 9.57 Å². The molecule has 0 saturated carbocycles. The average molecular weight is 235 g/mol. The largest absolute Gasteiger partial charge is 0.382 e. The molecule has 90 valence electrons. The van der Waals surface area contributed by atoms with E-state index in [1.807, 2.05) is 0 Å². The van der Waals surface area contributed by atoms with E-state index in [0.29, 0.717) is 18.8 Å². The van der Waals surface area contributed by atoms with E-state index in [0.717, 1.165) is 10.9 Å². The predicted octanol–water partition coefficient (Wildman–Crippen LogP) is 0.871. The first-order valence-electron chi connectivity index (χ1n) is 5.15. The third-order valence-corrected chi connectivity index (χ3v) is 2.26. The lowest BCUT2D eigenvalue weighted by Gasteiger charge is -2.05. The molecule has 0 atom stereocenters. The maximum atomic E-state index is 11.7. The predicted molar refractivity (Wildman–Crippen MR) is 61.4 cm³/mol. The lowest BCUT2D eigenvalue weighted by molar-refractivity contribution is 0.00890. The fraction of sp³-hybridized carbons (Fsp3) is 0.273. The minimum Gasteiger partial charge on any atom is -0.382 e. The van der Waals surface area contributed by atoms with Crippen LogP contribution in [0.15, 0.2) is 24.4 Å². The number of hydroxylamine groups is 1. The number of fused-ring (bicyclic) bond motifs is 1. The quantitative estimate of drug-likeness (QED) is 0.595. The number of benzene rings is 1. The van der Waals surface area contributed by atoms with Gasteiger partial charge in [-0.15, -0.1) is 0 Å². The van der Waals surface area contributed by atoms with Gasteiger partial charge in [0, 0.05) is 18.1 Å². The van der Waals surface area contributed by atoms with Gasteiger partial charge in [0.05, 0.1) is 24.9 Å². The van der Waals surface area contributed by atoms with Gasteiger partial charge >= 0.3 is 0 Å². The highest BCUT2D eigenvalue weighted by molar-refractivity contribution is 5.97. The molecule has 0 fully saturated rings. The number of amides is 1. The van der Waals surface area contributed by atoms with E-state index < -0.39 is 0 Å². The second-order valence-corrected chi connectivity index (χ2v) is 3.44. The van der Waals surface area contributed by atoms with Crippen LogP contribution in [0.1, 0.15) is 10.4 Å². The van der Waals surface area contributed by atoms with E-state index >= 15 is 0 Å². The topological polar surface area (TPSA) is 76.2 Å². The molecule has 0 bridgehead atoms. The number of carbonyl (C=O) groups is 1. The molecule has 0 saturated heterocycles. The maximum absolute atomic E-state index is 11.7. The van der Waals surface area contributed by atoms with Crippen molar-refractivity contribution in [2.75, 3.05) is 20.3 Å². The van der Waals surface area contributed by atoms with Crippen LogP contribution in [0.4, 0.5) is 0 Å². The summed E-state index contributed by atoms with van der Waals surface area (Å²) in [5.41, 5.74) is 3.76. The van der Waals surface area contributed by atoms with Gasteiger partial charge in [-0.1, -0.05) is 0 Å². The zero-order chi connectivity index (χ0) is 12.1. The van der Waals surface area contributed by atoms with Crippen molar-refractivity contribution >= 4 is 16.8 Å². The third kappa shape index (κ3) is 2.80. The van der Waals surface area contributed by atoms with Crippen LogP contribution >= 0.6 is 0 Å². The van der Waals surface area contributed by atoms with Crippen LogP contribution in [0, 0.1) is 0 Å². The first-order valence-corrected chi connectivity index (χ1v) is 5.15. The van der Waals surface area contributed by atoms with Crippen molar-refractivity contribution in [2.24, 2.45) is 0 Å². The minimum absolute atomic E-state index is 0.288. The molecule has 0 aliphatic heterocycles. The second-order valence-electron chi connectivity index (χ2n) is 3.44. The zero-order valence-electron chi connectivity index (χ0n) is 9.40. The minimum atomic E-state index is -0.288. The first kappa shape index (κ1) is 11.6. The van der Waals surface area contributed by atoms with Crippen molar-refractivity contribution in [2.45, 2.75) is 0 Å². The van der Waals surface area contributed by atoms with Crippen LogP contribution in [-0.4, -0.2) is 36.4 Å². The van der Waals surface area contributed by atoms with Gasteiger partial charge in [-0.05, 0) is 18.2 Å². The summed E-state index contributed by atoms with van der Waals surface area (Å²) in [5.74, 6) is -0.288. The Balaban J connectivity index is 1.98. The van der Waals surface area contributed by atoms with Crippen LogP contribution in [0.2, 0.25) is 0 Å². The summed E-state index contributed by atoms with van der Waals surface area (Å²) in [5, 5.41) is 7.58. The number of hydrogen-bond donors (Lipinski definition) is 2. The van der Waals surface area contributed by atoms with Crippen LogP contribution in [0.5, 0.6) is 0 Å². The number of ether oxygens (including phenoxy) is 1. The molecule has 1 heterocycles. The molecule has 0 unspecified atom stereocenters. The highest BCUT2D eigenvalue weighted by Gasteiger charge is 2.06. The Morgan fingerprint density at radius 1 is 1.47 bits per heavy atom. The monoisotopic (exact) mass is 235 g/mol. The molecule has 0 aliphatic carbocycles. The van der Waals surface area contributed by atoms with Crippen molar-refractivity contribution in [3.05, 3.63) is 30.0 Å². The van der Waals surface area contributed by atoms with Crippen molar-refractivity contribution in [1.82, 2.24) is 15.7 Å². The van der Waals surface area contributed by atoms with E-state index in [9.17, 15) is 4.79 Å². The van der Waals surface area contributed by atoms with E-state index in [2.05, 4.69) is 15.7 Å². The maximum Gasteiger partial charge on any atom is 0.274 e. The van der Waals surface area contributed by atoms with Gasteiger partial charge in [0.25, 0.3) is 5.91 Å². The molecular weight excluding hydrogens is 222 g/mol. The summed E-state index contributed by atoms with van der Waals surface area (Å²) in [4.78, 5) is 16.6. The molecule has 1 aromatic carbocycles. The van der Waals surface area contributed by atoms with E-state index in [1.165, 1.54) is 0 Å². The van der Waals surface area contributed by atoms with Crippen molar-refractivity contribution in [3.63, 3.8) is 0 Å². The lowest BCUT2D eigenvalue weighted by atomic mass is 10.1. The van der Waals surface area contributed by atoms with Gasteiger partial charge in [-0.25, -0.2) is 5.48 Å². The smallest absolute Gasteiger partial charge is 0.274 e. The molecule has 1 aromatic heterocycles. The number of aromatic amines is 1. The van der Waals surface area contributed by atoms with Gasteiger partial charge in [-0.3, -0.25) is 14.7 Å². The Kier molecular flexibility index (Phi) is 3.69. The summed E-state index contributed by atoms with van der Waals surface area (Å²) in [6.07, 6.45) is 1.66. The van der Waals surface area contributed by atoms with Crippen LogP contribution in [0.3, 0.4) is 0 Å². The van der Waals surface area contributed by atoms with Crippen molar-refractivity contribution < 1.29 is 14.4 Å². The summed E-state index contributed by atoms with van der Waals surface area (Å²) in [6.45, 7) is 0.747. The number of nitrogens with zero attached hydrogens (tertiary/aromatic N) is 1. The van der Waals surface area contributed by atoms with Crippen LogP contribution in [-0.2, 0) is 9.57 Å². The molecule has 2 N–H and O–H groups in total. The number of nitrogens with one attached hydrogen (secondary N) is 2. The number of carbonyl (C=O) groups excluding carboxylic acids is 1. The van der Waals surface area contributed by atoms with Crippen LogP contribution in [0.25, 0.3) is 10.9 Å². The highest BCUT2D eigenvalue weighted by atomic mass is 16.7. The number of H-pyrrole nitrogens is 1. The molecule has 0 spiro atoms. The van der Waals surface area contributed by atoms with Gasteiger partial charge in [-0.2, -0.15) is 5.10 Å². The molecule has 2 aromatic rings. The lowest BCUT2D eigenvalue weighted by Crippen LogP contribution is -2.25. The number of methoxy groups -OCH3 is 1. The standard InChI is InChI=1S/C11H13N3O3/c1-16-4-5-17-14-11(15)8-2-3-10-9(6-8)7-12-13-10/h2-3,6-7H,4-5H2,1H3,(H,12,13)(H,14,15). The van der Waals surface area contributed by atoms with Crippen molar-refractivity contribution in [3.8, 4) is 0 Å². The Bertz CT molecular complexity index is 509. The SMILES string of the molecule is COCCONC(=O)c1ccc2[nH]ncc2c1. The summed E-state index contributed by atoms with van der Waals surface area (Å²) in [6, 6.07) is 5.25. The number of rotatable bonds is 5. The molecule has 1 amide bonds. The van der Waals surface area contributed by atoms with Gasteiger partial charge < -0.3 is 4.74 Å². The van der Waals surface area contributed by atoms with Crippen LogP contribution < -0.4 is 5.48 Å². The van der Waals surface area contributed by atoms with Gasteiger partial charge in [0.1, 0.15) is 0 Å². The zero-order valence-corrected chi connectivity index (χ0v) is 9.40. The Morgan fingerprint density at radius 2 is 2.35 bits per heavy atom. The number of hydrogen-bond acceptors (Lipinski definition) is 4. The summed E-state index contributed by atoms with van der Waals surface area (Å²) >= 11 is 0. The van der Waals surface area contributed by atoms with E-state index in [-0.39, 0.29) is 5.91 Å². The molecule has 17 heavy (non-hydrogen) atoms. The normalized spacial score (nSPS) is 10.6. The summed E-state index contributed by atoms with van der Waals surface area (Å²) in [7, 11) is 1.57.